The van der Waals surface area contributed by atoms with Gasteiger partial charge in [-0.25, -0.2) is 12.7 Å². The molecule has 8 heteroatoms. The number of H-pyrrole nitrogens is 1. The molecule has 2 rings (SSSR count). The topological polar surface area (TPSA) is 90.6 Å². The normalized spacial score (nSPS) is 16.7. The van der Waals surface area contributed by atoms with Crippen LogP contribution in [0.5, 0.6) is 0 Å². The minimum Gasteiger partial charge on any atom is -0.354 e. The lowest BCUT2D eigenvalue weighted by Gasteiger charge is -2.35. The maximum Gasteiger partial charge on any atom is 0.270 e. The summed E-state index contributed by atoms with van der Waals surface area (Å²) in [5, 5.41) is 0. The third-order valence-electron chi connectivity index (χ3n) is 4.79. The van der Waals surface area contributed by atoms with E-state index in [1.807, 2.05) is 0 Å². The molecule has 0 radical (unpaired) electrons. The summed E-state index contributed by atoms with van der Waals surface area (Å²) in [6.07, 6.45) is 2.40. The number of nitrogens with one attached hydrogen (secondary N) is 1. The quantitative estimate of drug-likeness (QED) is 0.825. The van der Waals surface area contributed by atoms with E-state index in [2.05, 4.69) is 4.98 Å². The largest absolute Gasteiger partial charge is 0.354 e. The van der Waals surface area contributed by atoms with Gasteiger partial charge in [0.15, 0.2) is 5.78 Å². The Morgan fingerprint density at radius 3 is 2.17 bits per heavy atom. The van der Waals surface area contributed by atoms with E-state index in [0.717, 1.165) is 0 Å². The highest BCUT2D eigenvalue weighted by Crippen LogP contribution is 2.23. The summed E-state index contributed by atoms with van der Waals surface area (Å²) in [5.74, 6) is -0.197. The summed E-state index contributed by atoms with van der Waals surface area (Å²) in [5.41, 5.74) is 2.41. The maximum absolute atomic E-state index is 12.7. The molecule has 0 bridgehead atoms. The van der Waals surface area contributed by atoms with Crippen LogP contribution in [0.4, 0.5) is 0 Å². The van der Waals surface area contributed by atoms with Crippen molar-refractivity contribution in [3.05, 3.63) is 22.5 Å². The van der Waals surface area contributed by atoms with Crippen molar-refractivity contribution in [2.75, 3.05) is 26.4 Å². The molecule has 1 aliphatic heterocycles. The number of nitrogens with zero attached hydrogens (tertiary/aromatic N) is 2. The average molecular weight is 355 g/mol. The fraction of sp³-hybridized carbons (Fsp3) is 0.625. The molecule has 1 fully saturated rings. The van der Waals surface area contributed by atoms with Crippen LogP contribution in [0.15, 0.2) is 0 Å². The molecular weight excluding hydrogens is 330 g/mol. The molecule has 0 aromatic carbocycles. The van der Waals surface area contributed by atoms with Crippen LogP contribution in [-0.2, 0) is 10.0 Å². The lowest BCUT2D eigenvalue weighted by atomic mass is 10.0. The number of aromatic amines is 1. The maximum atomic E-state index is 12.7. The molecule has 24 heavy (non-hydrogen) atoms. The van der Waals surface area contributed by atoms with Crippen molar-refractivity contribution in [3.63, 3.8) is 0 Å². The first kappa shape index (κ1) is 18.7. The van der Waals surface area contributed by atoms with Gasteiger partial charge in [0.1, 0.15) is 5.69 Å². The fourth-order valence-corrected chi connectivity index (χ4v) is 4.11. The van der Waals surface area contributed by atoms with Gasteiger partial charge in [-0.05, 0) is 39.2 Å². The summed E-state index contributed by atoms with van der Waals surface area (Å²) < 4.78 is 24.6. The summed E-state index contributed by atoms with van der Waals surface area (Å²) in [7, 11) is -1.65. The third-order valence-corrected chi connectivity index (χ3v) is 6.14. The van der Waals surface area contributed by atoms with Gasteiger partial charge in [0, 0.05) is 37.4 Å². The standard InChI is InChI=1S/C16H25N3O4S/c1-10-14(12(3)20)11(2)17-15(10)16(21)19-8-6-13(7-9-19)18(4)24(5,22)23/h13,17H,6-9H2,1-5H3. The fourth-order valence-electron chi connectivity index (χ4n) is 3.35. The molecule has 1 aromatic rings. The van der Waals surface area contributed by atoms with E-state index in [-0.39, 0.29) is 17.7 Å². The minimum absolute atomic E-state index is 0.0613. The minimum atomic E-state index is -3.22. The number of piperidine rings is 1. The Morgan fingerprint density at radius 1 is 1.21 bits per heavy atom. The van der Waals surface area contributed by atoms with E-state index >= 15 is 0 Å². The molecule has 0 unspecified atom stereocenters. The number of rotatable bonds is 4. The van der Waals surface area contributed by atoms with Gasteiger partial charge in [-0.3, -0.25) is 9.59 Å². The highest BCUT2D eigenvalue weighted by Gasteiger charge is 2.31. The zero-order valence-corrected chi connectivity index (χ0v) is 15.7. The van der Waals surface area contributed by atoms with Gasteiger partial charge >= 0.3 is 0 Å². The smallest absolute Gasteiger partial charge is 0.270 e. The zero-order valence-electron chi connectivity index (χ0n) is 14.8. The Balaban J connectivity index is 2.12. The Labute approximate surface area is 143 Å². The van der Waals surface area contributed by atoms with Crippen molar-refractivity contribution in [3.8, 4) is 0 Å². The Hall–Kier alpha value is -1.67. The number of aromatic nitrogens is 1. The third kappa shape index (κ3) is 3.54. The average Bonchev–Trinajstić information content (AvgIpc) is 2.80. The van der Waals surface area contributed by atoms with Crippen LogP contribution in [0.1, 0.15) is 51.9 Å². The van der Waals surface area contributed by atoms with Crippen molar-refractivity contribution in [1.82, 2.24) is 14.2 Å². The Kier molecular flexibility index (Phi) is 5.19. The number of Topliss-reactive ketones (excluding diaryl/α,β-unsaturated/α-hetero) is 1. The highest BCUT2D eigenvalue weighted by atomic mass is 32.2. The Bertz CT molecular complexity index is 759. The molecular formula is C16H25N3O4S. The Morgan fingerprint density at radius 2 is 1.75 bits per heavy atom. The van der Waals surface area contributed by atoms with Gasteiger partial charge in [0.05, 0.1) is 6.26 Å². The van der Waals surface area contributed by atoms with Crippen molar-refractivity contribution >= 4 is 21.7 Å². The number of hydrogen-bond acceptors (Lipinski definition) is 4. The second-order valence-electron chi connectivity index (χ2n) is 6.48. The molecule has 0 atom stereocenters. The molecule has 1 aromatic heterocycles. The van der Waals surface area contributed by atoms with E-state index in [0.29, 0.717) is 48.4 Å². The number of carbonyl (C=O) groups excluding carboxylic acids is 2. The van der Waals surface area contributed by atoms with Crippen molar-refractivity contribution in [1.29, 1.82) is 0 Å². The second-order valence-corrected chi connectivity index (χ2v) is 8.53. The highest BCUT2D eigenvalue weighted by molar-refractivity contribution is 7.88. The predicted octanol–water partition coefficient (Wildman–Crippen LogP) is 1.33. The molecule has 1 saturated heterocycles. The number of aryl methyl sites for hydroxylation is 1. The number of amides is 1. The molecule has 0 aliphatic carbocycles. The van der Waals surface area contributed by atoms with Crippen LogP contribution in [0.25, 0.3) is 0 Å². The number of ketones is 1. The van der Waals surface area contributed by atoms with E-state index in [9.17, 15) is 18.0 Å². The second kappa shape index (κ2) is 6.68. The molecule has 1 N–H and O–H groups in total. The number of sulfonamides is 1. The van der Waals surface area contributed by atoms with Gasteiger partial charge < -0.3 is 9.88 Å². The molecule has 2 heterocycles. The van der Waals surface area contributed by atoms with Crippen LogP contribution >= 0.6 is 0 Å². The van der Waals surface area contributed by atoms with Crippen molar-refractivity contribution in [2.45, 2.75) is 39.7 Å². The number of carbonyl (C=O) groups is 2. The van der Waals surface area contributed by atoms with Gasteiger partial charge in [0.2, 0.25) is 10.0 Å². The molecule has 1 aliphatic rings. The number of hydrogen-bond donors (Lipinski definition) is 1. The summed E-state index contributed by atoms with van der Waals surface area (Å²) in [6.45, 7) is 6.04. The molecule has 0 saturated carbocycles. The van der Waals surface area contributed by atoms with E-state index in [4.69, 9.17) is 0 Å². The first-order valence-corrected chi connectivity index (χ1v) is 9.81. The zero-order chi connectivity index (χ0) is 18.2. The molecule has 134 valence electrons. The van der Waals surface area contributed by atoms with E-state index in [1.54, 1.807) is 25.8 Å². The van der Waals surface area contributed by atoms with Gasteiger partial charge in [-0.2, -0.15) is 0 Å². The van der Waals surface area contributed by atoms with Crippen LogP contribution in [0.3, 0.4) is 0 Å². The van der Waals surface area contributed by atoms with Crippen LogP contribution < -0.4 is 0 Å². The van der Waals surface area contributed by atoms with Crippen molar-refractivity contribution in [2.24, 2.45) is 0 Å². The number of likely N-dealkylation sites (tertiary alicyclic amines) is 1. The summed E-state index contributed by atoms with van der Waals surface area (Å²) in [6, 6.07) is -0.0803. The van der Waals surface area contributed by atoms with Crippen molar-refractivity contribution < 1.29 is 18.0 Å². The lowest BCUT2D eigenvalue weighted by Crippen LogP contribution is -2.47. The van der Waals surface area contributed by atoms with E-state index in [1.165, 1.54) is 17.5 Å². The molecule has 1 amide bonds. The predicted molar refractivity (Wildman–Crippen MR) is 91.8 cm³/mol. The van der Waals surface area contributed by atoms with Gasteiger partial charge in [-0.15, -0.1) is 0 Å². The van der Waals surface area contributed by atoms with Crippen LogP contribution in [0, 0.1) is 13.8 Å². The van der Waals surface area contributed by atoms with Gasteiger partial charge in [0.25, 0.3) is 5.91 Å². The first-order valence-electron chi connectivity index (χ1n) is 7.96. The SMILES string of the molecule is CC(=O)c1c(C)[nH]c(C(=O)N2CCC(N(C)S(C)(=O)=O)CC2)c1C. The van der Waals surface area contributed by atoms with Gasteiger partial charge in [-0.1, -0.05) is 0 Å². The monoisotopic (exact) mass is 355 g/mol. The van der Waals surface area contributed by atoms with Crippen LogP contribution in [-0.4, -0.2) is 66.7 Å². The lowest BCUT2D eigenvalue weighted by molar-refractivity contribution is 0.0680. The molecule has 0 spiro atoms. The van der Waals surface area contributed by atoms with Crippen LogP contribution in [0.2, 0.25) is 0 Å². The molecule has 7 nitrogen and oxygen atoms in total. The first-order chi connectivity index (χ1) is 11.0. The van der Waals surface area contributed by atoms with E-state index < -0.39 is 10.0 Å². The summed E-state index contributed by atoms with van der Waals surface area (Å²) in [4.78, 5) is 29.2. The summed E-state index contributed by atoms with van der Waals surface area (Å²) >= 11 is 0.